The molecule has 3 aromatic rings. The first-order chi connectivity index (χ1) is 13.6. The van der Waals surface area contributed by atoms with E-state index in [2.05, 4.69) is 4.99 Å². The first-order valence-corrected chi connectivity index (χ1v) is 9.55. The lowest BCUT2D eigenvalue weighted by molar-refractivity contribution is -0.141. The van der Waals surface area contributed by atoms with E-state index in [4.69, 9.17) is 0 Å². The number of hydrogen-bond acceptors (Lipinski definition) is 3. The molecule has 1 atom stereocenters. The highest BCUT2D eigenvalue weighted by Crippen LogP contribution is 2.37. The summed E-state index contributed by atoms with van der Waals surface area (Å²) in [6.07, 6.45) is -4.51. The van der Waals surface area contributed by atoms with Crippen LogP contribution < -0.4 is 4.80 Å². The van der Waals surface area contributed by atoms with Crippen LogP contribution in [0.3, 0.4) is 0 Å². The fourth-order valence-electron chi connectivity index (χ4n) is 2.98. The number of thiazole rings is 1. The molecule has 5 nitrogen and oxygen atoms in total. The summed E-state index contributed by atoms with van der Waals surface area (Å²) in [5, 5.41) is 9.57. The van der Waals surface area contributed by atoms with Gasteiger partial charge in [0.1, 0.15) is 6.04 Å². The fourth-order valence-corrected chi connectivity index (χ4v) is 4.18. The molecule has 0 fully saturated rings. The van der Waals surface area contributed by atoms with Crippen LogP contribution in [0.4, 0.5) is 13.2 Å². The minimum absolute atomic E-state index is 0.0783. The third-order valence-corrected chi connectivity index (χ3v) is 5.54. The van der Waals surface area contributed by atoms with Gasteiger partial charge in [-0.05, 0) is 37.6 Å². The highest BCUT2D eigenvalue weighted by atomic mass is 32.1. The van der Waals surface area contributed by atoms with E-state index in [0.29, 0.717) is 11.3 Å². The zero-order valence-electron chi connectivity index (χ0n) is 15.5. The van der Waals surface area contributed by atoms with Gasteiger partial charge >= 0.3 is 12.1 Å². The van der Waals surface area contributed by atoms with Crippen LogP contribution >= 0.6 is 11.3 Å². The van der Waals surface area contributed by atoms with Gasteiger partial charge in [-0.15, -0.1) is 0 Å². The van der Waals surface area contributed by atoms with Gasteiger partial charge in [0.2, 0.25) is 0 Å². The molecule has 0 spiro atoms. The summed E-state index contributed by atoms with van der Waals surface area (Å²) in [6.45, 7) is 3.46. The average Bonchev–Trinajstić information content (AvgIpc) is 2.99. The molecule has 29 heavy (non-hydrogen) atoms. The summed E-state index contributed by atoms with van der Waals surface area (Å²) in [5.74, 6) is -1.87. The van der Waals surface area contributed by atoms with Gasteiger partial charge in [-0.25, -0.2) is 4.79 Å². The molecular formula is C20H17F3N2O3S. The topological polar surface area (TPSA) is 71.7 Å². The third-order valence-electron chi connectivity index (χ3n) is 4.44. The maximum Gasteiger partial charge on any atom is 0.417 e. The molecule has 1 heterocycles. The molecule has 9 heteroatoms. The van der Waals surface area contributed by atoms with Gasteiger partial charge in [0.05, 0.1) is 15.8 Å². The number of fused-ring (bicyclic) bond motifs is 1. The molecule has 0 aliphatic carbocycles. The predicted octanol–water partition coefficient (Wildman–Crippen LogP) is 4.81. The molecule has 152 valence electrons. The number of benzene rings is 2. The molecule has 1 N–H and O–H groups in total. The van der Waals surface area contributed by atoms with Gasteiger partial charge < -0.3 is 9.67 Å². The maximum absolute atomic E-state index is 13.4. The van der Waals surface area contributed by atoms with Crippen LogP contribution in [0.15, 0.2) is 47.5 Å². The van der Waals surface area contributed by atoms with Crippen LogP contribution in [-0.2, 0) is 11.0 Å². The van der Waals surface area contributed by atoms with Crippen LogP contribution in [0.25, 0.3) is 10.2 Å². The molecule has 0 radical (unpaired) electrons. The Bertz CT molecular complexity index is 1140. The molecule has 2 aromatic carbocycles. The lowest BCUT2D eigenvalue weighted by Gasteiger charge is -2.14. The van der Waals surface area contributed by atoms with Crippen LogP contribution in [0.2, 0.25) is 0 Å². The Morgan fingerprint density at radius 2 is 1.83 bits per heavy atom. The van der Waals surface area contributed by atoms with Crippen molar-refractivity contribution in [3.05, 3.63) is 64.0 Å². The van der Waals surface area contributed by atoms with Gasteiger partial charge in [0.25, 0.3) is 5.91 Å². The monoisotopic (exact) mass is 422 g/mol. The van der Waals surface area contributed by atoms with E-state index in [-0.39, 0.29) is 27.0 Å². The van der Waals surface area contributed by atoms with Crippen LogP contribution in [0.5, 0.6) is 0 Å². The van der Waals surface area contributed by atoms with Crippen molar-refractivity contribution in [1.82, 2.24) is 4.57 Å². The molecule has 1 amide bonds. The first kappa shape index (κ1) is 20.8. The molecular weight excluding hydrogens is 405 g/mol. The number of alkyl halides is 3. The molecule has 0 saturated heterocycles. The second-order valence-corrected chi connectivity index (χ2v) is 7.43. The first-order valence-electron chi connectivity index (χ1n) is 8.73. The number of aliphatic carboxylic acids is 1. The number of hydrogen-bond donors (Lipinski definition) is 1. The quantitative estimate of drug-likeness (QED) is 0.656. The van der Waals surface area contributed by atoms with E-state index in [0.717, 1.165) is 11.6 Å². The minimum atomic E-state index is -4.62. The Hall–Kier alpha value is -2.94. The normalized spacial score (nSPS) is 13.6. The number of carboxylic acids is 1. The van der Waals surface area contributed by atoms with Gasteiger partial charge in [0, 0.05) is 5.56 Å². The molecule has 3 rings (SSSR count). The fraction of sp³-hybridized carbons (Fsp3) is 0.250. The molecule has 0 aliphatic rings. The summed E-state index contributed by atoms with van der Waals surface area (Å²) in [6, 6.07) is 8.96. The number of aryl methyl sites for hydroxylation is 1. The van der Waals surface area contributed by atoms with Crippen molar-refractivity contribution >= 4 is 33.4 Å². The summed E-state index contributed by atoms with van der Waals surface area (Å²) >= 11 is 0.657. The Labute approximate surface area is 167 Å². The maximum atomic E-state index is 13.4. The molecule has 0 aliphatic heterocycles. The van der Waals surface area contributed by atoms with Crippen LogP contribution in [0.1, 0.15) is 40.9 Å². The zero-order valence-corrected chi connectivity index (χ0v) is 16.3. The predicted molar refractivity (Wildman–Crippen MR) is 103 cm³/mol. The van der Waals surface area contributed by atoms with E-state index in [1.165, 1.54) is 16.7 Å². The van der Waals surface area contributed by atoms with Gasteiger partial charge in [0.15, 0.2) is 4.80 Å². The average molecular weight is 422 g/mol. The lowest BCUT2D eigenvalue weighted by Crippen LogP contribution is -2.27. The Kier molecular flexibility index (Phi) is 5.61. The summed E-state index contributed by atoms with van der Waals surface area (Å²) < 4.78 is 41.4. The van der Waals surface area contributed by atoms with Gasteiger partial charge in [-0.1, -0.05) is 42.0 Å². The Morgan fingerprint density at radius 1 is 1.17 bits per heavy atom. The van der Waals surface area contributed by atoms with E-state index in [9.17, 15) is 27.9 Å². The van der Waals surface area contributed by atoms with Crippen molar-refractivity contribution in [3.8, 4) is 0 Å². The highest BCUT2D eigenvalue weighted by molar-refractivity contribution is 7.16. The van der Waals surface area contributed by atoms with E-state index >= 15 is 0 Å². The number of rotatable bonds is 4. The van der Waals surface area contributed by atoms with Crippen molar-refractivity contribution in [2.24, 2.45) is 4.99 Å². The smallest absolute Gasteiger partial charge is 0.417 e. The van der Waals surface area contributed by atoms with Crippen molar-refractivity contribution in [3.63, 3.8) is 0 Å². The molecule has 0 bridgehead atoms. The summed E-state index contributed by atoms with van der Waals surface area (Å²) in [5.41, 5.74) is 0.386. The SMILES string of the molecule is CCC(C(=O)O)n1/c(=N/C(=O)c2ccc(C)cc2)sc2c(C(F)(F)F)cccc21. The standard InChI is InChI=1S/C20H17F3N2O3S/c1-3-14(18(27)28)25-15-6-4-5-13(20(21,22)23)16(15)29-19(25)24-17(26)12-9-7-11(2)8-10-12/h4-10,14H,3H2,1-2H3,(H,27,28)/b24-19-. The van der Waals surface area contributed by atoms with Crippen molar-refractivity contribution < 1.29 is 27.9 Å². The van der Waals surface area contributed by atoms with E-state index in [1.54, 1.807) is 31.2 Å². The zero-order chi connectivity index (χ0) is 21.3. The molecule has 1 unspecified atom stereocenters. The molecule has 1 aromatic heterocycles. The molecule has 0 saturated carbocycles. The second-order valence-electron chi connectivity index (χ2n) is 6.45. The Morgan fingerprint density at radius 3 is 2.38 bits per heavy atom. The summed E-state index contributed by atoms with van der Waals surface area (Å²) in [4.78, 5) is 28.2. The van der Waals surface area contributed by atoms with Crippen molar-refractivity contribution in [1.29, 1.82) is 0 Å². The lowest BCUT2D eigenvalue weighted by atomic mass is 10.1. The number of halogens is 3. The third kappa shape index (κ3) is 4.09. The largest absolute Gasteiger partial charge is 0.480 e. The highest BCUT2D eigenvalue weighted by Gasteiger charge is 2.34. The number of aromatic nitrogens is 1. The van der Waals surface area contributed by atoms with E-state index < -0.39 is 29.7 Å². The van der Waals surface area contributed by atoms with Crippen LogP contribution in [0, 0.1) is 6.92 Å². The van der Waals surface area contributed by atoms with Gasteiger partial charge in [-0.3, -0.25) is 4.79 Å². The minimum Gasteiger partial charge on any atom is -0.480 e. The number of carboxylic acid groups (broad SMARTS) is 1. The van der Waals surface area contributed by atoms with Crippen LogP contribution in [-0.4, -0.2) is 21.6 Å². The number of nitrogens with zero attached hydrogens (tertiary/aromatic N) is 2. The second kappa shape index (κ2) is 7.82. The van der Waals surface area contributed by atoms with Gasteiger partial charge in [-0.2, -0.15) is 18.2 Å². The Balaban J connectivity index is 2.31. The number of carbonyl (C=O) groups excluding carboxylic acids is 1. The number of amides is 1. The van der Waals surface area contributed by atoms with E-state index in [1.807, 2.05) is 6.92 Å². The summed E-state index contributed by atoms with van der Waals surface area (Å²) in [7, 11) is 0. The number of carbonyl (C=O) groups is 2. The van der Waals surface area contributed by atoms with Crippen molar-refractivity contribution in [2.45, 2.75) is 32.5 Å². The van der Waals surface area contributed by atoms with Crippen molar-refractivity contribution in [2.75, 3.05) is 0 Å².